The average Bonchev–Trinajstić information content (AvgIpc) is 2.81. The summed E-state index contributed by atoms with van der Waals surface area (Å²) in [5, 5.41) is 11.4. The van der Waals surface area contributed by atoms with E-state index >= 15 is 0 Å². The van der Waals surface area contributed by atoms with Crippen molar-refractivity contribution in [2.45, 2.75) is 6.54 Å². The van der Waals surface area contributed by atoms with Gasteiger partial charge in [-0.3, -0.25) is 0 Å². The van der Waals surface area contributed by atoms with Crippen molar-refractivity contribution >= 4 is 17.0 Å². The van der Waals surface area contributed by atoms with Gasteiger partial charge in [-0.1, -0.05) is 0 Å². The maximum Gasteiger partial charge on any atom is 0.194 e. The Kier molecular flexibility index (Phi) is 3.53. The minimum Gasteiger partial charge on any atom is -0.380 e. The molecule has 2 nitrogen and oxygen atoms in total. The van der Waals surface area contributed by atoms with Gasteiger partial charge in [0.2, 0.25) is 0 Å². The van der Waals surface area contributed by atoms with Gasteiger partial charge in [-0.15, -0.1) is 11.3 Å². The minimum atomic E-state index is -1.48. The Morgan fingerprint density at radius 2 is 1.83 bits per heavy atom. The molecule has 1 aromatic carbocycles. The number of nitrogens with zero attached hydrogens (tertiary/aromatic N) is 1. The number of anilines is 1. The van der Waals surface area contributed by atoms with E-state index in [9.17, 15) is 13.2 Å². The topological polar surface area (TPSA) is 35.8 Å². The van der Waals surface area contributed by atoms with E-state index in [-0.39, 0.29) is 5.69 Å². The summed E-state index contributed by atoms with van der Waals surface area (Å²) in [6.45, 7) is 0.316. The van der Waals surface area contributed by atoms with Gasteiger partial charge in [0.1, 0.15) is 10.9 Å². The zero-order valence-corrected chi connectivity index (χ0v) is 9.82. The fourth-order valence-corrected chi connectivity index (χ4v) is 2.12. The molecule has 92 valence electrons. The van der Waals surface area contributed by atoms with Crippen LogP contribution in [0.4, 0.5) is 18.9 Å². The number of thiophene rings is 1. The van der Waals surface area contributed by atoms with Crippen LogP contribution >= 0.6 is 11.3 Å². The van der Waals surface area contributed by atoms with E-state index in [1.807, 2.05) is 6.07 Å². The molecule has 6 heteroatoms. The molecule has 2 aromatic rings. The molecule has 18 heavy (non-hydrogen) atoms. The van der Waals surface area contributed by atoms with E-state index in [4.69, 9.17) is 5.26 Å². The van der Waals surface area contributed by atoms with Crippen molar-refractivity contribution in [1.82, 2.24) is 0 Å². The van der Waals surface area contributed by atoms with Crippen LogP contribution in [-0.2, 0) is 6.54 Å². The Balaban J connectivity index is 2.09. The summed E-state index contributed by atoms with van der Waals surface area (Å²) >= 11 is 1.28. The van der Waals surface area contributed by atoms with Crippen LogP contribution in [0.3, 0.4) is 0 Å². The van der Waals surface area contributed by atoms with Crippen molar-refractivity contribution in [2.24, 2.45) is 0 Å². The monoisotopic (exact) mass is 268 g/mol. The Bertz CT molecular complexity index is 593. The standard InChI is InChI=1S/C12H7F3N2S/c13-10-3-7(4-11(14)12(10)15)17-6-9-2-1-8(5-16)18-9/h1-4,17H,6H2. The number of benzene rings is 1. The third-order valence-corrected chi connectivity index (χ3v) is 3.21. The van der Waals surface area contributed by atoms with Crippen molar-refractivity contribution in [3.05, 3.63) is 51.5 Å². The number of rotatable bonds is 3. The molecule has 0 saturated heterocycles. The van der Waals surface area contributed by atoms with E-state index in [1.54, 1.807) is 12.1 Å². The maximum atomic E-state index is 12.9. The molecule has 1 N–H and O–H groups in total. The lowest BCUT2D eigenvalue weighted by Crippen LogP contribution is -2.00. The summed E-state index contributed by atoms with van der Waals surface area (Å²) in [6.07, 6.45) is 0. The third-order valence-electron chi connectivity index (χ3n) is 2.22. The first-order chi connectivity index (χ1) is 8.60. The van der Waals surface area contributed by atoms with Crippen LogP contribution in [0.2, 0.25) is 0 Å². The van der Waals surface area contributed by atoms with Crippen LogP contribution in [0.15, 0.2) is 24.3 Å². The molecule has 0 spiro atoms. The number of nitrogens with one attached hydrogen (secondary N) is 1. The predicted octanol–water partition coefficient (Wildman–Crippen LogP) is 3.65. The third kappa shape index (κ3) is 2.63. The van der Waals surface area contributed by atoms with Crippen LogP contribution < -0.4 is 5.32 Å². The summed E-state index contributed by atoms with van der Waals surface area (Å²) in [6, 6.07) is 7.17. The van der Waals surface area contributed by atoms with Gasteiger partial charge in [0.15, 0.2) is 17.5 Å². The number of halogens is 3. The van der Waals surface area contributed by atoms with Crippen molar-refractivity contribution in [1.29, 1.82) is 5.26 Å². The van der Waals surface area contributed by atoms with E-state index in [1.165, 1.54) is 11.3 Å². The fraction of sp³-hybridized carbons (Fsp3) is 0.0833. The fourth-order valence-electron chi connectivity index (χ4n) is 1.38. The highest BCUT2D eigenvalue weighted by Gasteiger charge is 2.10. The van der Waals surface area contributed by atoms with Crippen LogP contribution in [0.1, 0.15) is 9.75 Å². The molecule has 0 amide bonds. The summed E-state index contributed by atoms with van der Waals surface area (Å²) in [5.74, 6) is -3.95. The second-order valence-corrected chi connectivity index (χ2v) is 4.65. The molecule has 0 radical (unpaired) electrons. The van der Waals surface area contributed by atoms with Crippen molar-refractivity contribution < 1.29 is 13.2 Å². The van der Waals surface area contributed by atoms with Crippen LogP contribution in [0.25, 0.3) is 0 Å². The summed E-state index contributed by atoms with van der Waals surface area (Å²) < 4.78 is 38.6. The SMILES string of the molecule is N#Cc1ccc(CNc2cc(F)c(F)c(F)c2)s1. The van der Waals surface area contributed by atoms with Crippen LogP contribution in [0.5, 0.6) is 0 Å². The molecule has 0 aliphatic heterocycles. The largest absolute Gasteiger partial charge is 0.380 e. The quantitative estimate of drug-likeness (QED) is 0.862. The maximum absolute atomic E-state index is 12.9. The summed E-state index contributed by atoms with van der Waals surface area (Å²) in [5.41, 5.74) is 0.151. The summed E-state index contributed by atoms with van der Waals surface area (Å²) in [7, 11) is 0. The Morgan fingerprint density at radius 1 is 1.17 bits per heavy atom. The Morgan fingerprint density at radius 3 is 2.39 bits per heavy atom. The van der Waals surface area contributed by atoms with Crippen molar-refractivity contribution in [3.8, 4) is 6.07 Å². The highest BCUT2D eigenvalue weighted by atomic mass is 32.1. The molecule has 1 heterocycles. The first-order valence-corrected chi connectivity index (χ1v) is 5.79. The van der Waals surface area contributed by atoms with Gasteiger partial charge in [0, 0.05) is 29.2 Å². The Hall–Kier alpha value is -2.00. The second kappa shape index (κ2) is 5.10. The first kappa shape index (κ1) is 12.5. The minimum absolute atomic E-state index is 0.151. The molecule has 0 bridgehead atoms. The first-order valence-electron chi connectivity index (χ1n) is 4.97. The van der Waals surface area contributed by atoms with Gasteiger partial charge >= 0.3 is 0 Å². The lowest BCUT2D eigenvalue weighted by molar-refractivity contribution is 0.447. The lowest BCUT2D eigenvalue weighted by atomic mass is 10.3. The highest BCUT2D eigenvalue weighted by Crippen LogP contribution is 2.20. The van der Waals surface area contributed by atoms with Gasteiger partial charge in [-0.25, -0.2) is 13.2 Å². The molecule has 0 aliphatic rings. The number of hydrogen-bond acceptors (Lipinski definition) is 3. The van der Waals surface area contributed by atoms with Gasteiger partial charge in [0.25, 0.3) is 0 Å². The van der Waals surface area contributed by atoms with E-state index < -0.39 is 17.5 Å². The van der Waals surface area contributed by atoms with E-state index in [0.29, 0.717) is 11.4 Å². The molecule has 0 fully saturated rings. The molecule has 2 rings (SSSR count). The van der Waals surface area contributed by atoms with Gasteiger partial charge in [0.05, 0.1) is 0 Å². The summed E-state index contributed by atoms with van der Waals surface area (Å²) in [4.78, 5) is 1.40. The van der Waals surface area contributed by atoms with Crippen molar-refractivity contribution in [2.75, 3.05) is 5.32 Å². The van der Waals surface area contributed by atoms with Crippen molar-refractivity contribution in [3.63, 3.8) is 0 Å². The lowest BCUT2D eigenvalue weighted by Gasteiger charge is -2.05. The van der Waals surface area contributed by atoms with E-state index in [0.717, 1.165) is 17.0 Å². The number of hydrogen-bond donors (Lipinski definition) is 1. The van der Waals surface area contributed by atoms with Crippen LogP contribution in [0, 0.1) is 28.8 Å². The smallest absolute Gasteiger partial charge is 0.194 e. The zero-order valence-electron chi connectivity index (χ0n) is 9.01. The molecule has 0 unspecified atom stereocenters. The van der Waals surface area contributed by atoms with Gasteiger partial charge < -0.3 is 5.32 Å². The van der Waals surface area contributed by atoms with E-state index in [2.05, 4.69) is 5.32 Å². The molecular weight excluding hydrogens is 261 g/mol. The molecule has 0 atom stereocenters. The molecule has 0 aliphatic carbocycles. The molecule has 1 aromatic heterocycles. The predicted molar refractivity (Wildman–Crippen MR) is 62.7 cm³/mol. The molecular formula is C12H7F3N2S. The highest BCUT2D eigenvalue weighted by molar-refractivity contribution is 7.12. The van der Waals surface area contributed by atoms with Crippen LogP contribution in [-0.4, -0.2) is 0 Å². The zero-order chi connectivity index (χ0) is 13.1. The van der Waals surface area contributed by atoms with Gasteiger partial charge in [-0.05, 0) is 12.1 Å². The molecule has 0 saturated carbocycles. The average molecular weight is 268 g/mol. The Labute approximate surface area is 105 Å². The second-order valence-electron chi connectivity index (χ2n) is 3.49. The van der Waals surface area contributed by atoms with Gasteiger partial charge in [-0.2, -0.15) is 5.26 Å². The number of nitriles is 1. The normalized spacial score (nSPS) is 10.1.